The van der Waals surface area contributed by atoms with Crippen molar-refractivity contribution in [3.05, 3.63) is 272 Å². The molecule has 8 aliphatic rings. The van der Waals surface area contributed by atoms with Crippen molar-refractivity contribution in [3.8, 4) is 0 Å². The number of hydrogen-bond acceptors (Lipinski definition) is 8. The molecule has 0 N–H and O–H groups in total. The number of furan rings is 1. The van der Waals surface area contributed by atoms with Crippen molar-refractivity contribution in [2.75, 3.05) is 19.6 Å². The van der Waals surface area contributed by atoms with Gasteiger partial charge < -0.3 is 24.0 Å². The van der Waals surface area contributed by atoms with Gasteiger partial charge in [0.05, 0.1) is 26.8 Å². The molecule has 1 atom stereocenters. The molecule has 10 heteroatoms. The smallest absolute Gasteiger partial charge is 0.254 e. The molecule has 5 nitrogen and oxygen atoms in total. The molecule has 0 saturated heterocycles. The highest BCUT2D eigenvalue weighted by atomic mass is 32.1. The summed E-state index contributed by atoms with van der Waals surface area (Å²) in [5.74, 6) is 0.273. The van der Waals surface area contributed by atoms with Gasteiger partial charge in [0, 0.05) is 86.0 Å². The van der Waals surface area contributed by atoms with Gasteiger partial charge in [-0.2, -0.15) is 0 Å². The Bertz CT molecular complexity index is 8040. The molecular weight excluding hydrogens is 1740 g/mol. The third-order valence-corrected chi connectivity index (χ3v) is 39.9. The normalized spacial score (nSPS) is 19.3. The van der Waals surface area contributed by atoms with E-state index in [1.807, 2.05) is 11.3 Å². The number of nitrogens with zero attached hydrogens (tertiary/aromatic N) is 4. The van der Waals surface area contributed by atoms with Crippen molar-refractivity contribution < 1.29 is 4.42 Å². The Morgan fingerprint density at radius 2 is 0.770 bits per heavy atom. The first kappa shape index (κ1) is 91.4. The topological polar surface area (TPSA) is 26.1 Å². The van der Waals surface area contributed by atoms with Crippen LogP contribution in [0.2, 0.25) is 0 Å². The van der Waals surface area contributed by atoms with E-state index in [0.717, 1.165) is 67.2 Å². The number of hydrogen-bond donors (Lipinski definition) is 0. The summed E-state index contributed by atoms with van der Waals surface area (Å²) in [5, 5.41) is 10.5. The molecule has 1 unspecified atom stereocenters. The van der Waals surface area contributed by atoms with Gasteiger partial charge in [-0.15, -0.1) is 34.0 Å². The summed E-state index contributed by atoms with van der Waals surface area (Å²) >= 11 is 6.06. The van der Waals surface area contributed by atoms with Crippen molar-refractivity contribution in [2.45, 2.75) is 336 Å². The quantitative estimate of drug-likeness (QED) is 0.148. The predicted molar refractivity (Wildman–Crippen MR) is 609 cm³/mol. The fraction of sp³-hybridized carbons (Fsp3) is 0.411. The third kappa shape index (κ3) is 13.5. The van der Waals surface area contributed by atoms with Crippen LogP contribution in [-0.2, 0) is 70.4 Å². The summed E-state index contributed by atoms with van der Waals surface area (Å²) in [5.41, 5.74) is 41.4. The van der Waals surface area contributed by atoms with Crippen molar-refractivity contribution in [1.82, 2.24) is 0 Å². The van der Waals surface area contributed by atoms with Crippen molar-refractivity contribution >= 4 is 209 Å². The SMILES string of the molecule is Cc1cc2c3c(c1)N(c1cccc4sc5ccc(C(C)(C)C)cc5c14)c1cc(C(C)(C)C)ccc1B3c1c(sc3cc4c(cc13)C(C)(C)CC(CC(C)(C)c1cc3c5c(c1)N(c1ccc(C(C)(C)C)c6oc7ccccc7c16)c1ccc(C(C)(C)C)cc1B5c1c(sc5cc6c(cc15)C(C)(C)CCC6(C)C)N3c1ccc3c(c1)C(C)(C)CCC3(C)C)C4(C)C)N2c1ccc2c(c1)C(C)(C)CCC2(C)C. The van der Waals surface area contributed by atoms with Gasteiger partial charge in [0.15, 0.2) is 0 Å². The van der Waals surface area contributed by atoms with E-state index >= 15 is 0 Å². The minimum Gasteiger partial charge on any atom is -0.456 e. The van der Waals surface area contributed by atoms with Crippen LogP contribution in [0, 0.1) is 12.8 Å². The first-order valence-corrected chi connectivity index (χ1v) is 54.7. The highest BCUT2D eigenvalue weighted by Crippen LogP contribution is 2.62. The molecule has 12 aromatic carbocycles. The minimum absolute atomic E-state index is 0.00198. The van der Waals surface area contributed by atoms with Crippen molar-refractivity contribution in [3.63, 3.8) is 0 Å². The van der Waals surface area contributed by atoms with E-state index in [0.29, 0.717) is 0 Å². The zero-order valence-electron chi connectivity index (χ0n) is 88.8. The van der Waals surface area contributed by atoms with E-state index in [2.05, 4.69) is 451 Å². The molecule has 0 fully saturated rings. The van der Waals surface area contributed by atoms with E-state index in [1.165, 1.54) is 224 Å². The summed E-state index contributed by atoms with van der Waals surface area (Å²) < 4.78 is 12.8. The third-order valence-electron chi connectivity index (χ3n) is 36.4. The Labute approximate surface area is 841 Å². The van der Waals surface area contributed by atoms with Crippen LogP contribution >= 0.6 is 34.0 Å². The second kappa shape index (κ2) is 29.4. The zero-order chi connectivity index (χ0) is 98.1. The Balaban J connectivity index is 0.727. The number of rotatable bonds is 7. The summed E-state index contributed by atoms with van der Waals surface area (Å²) in [7, 11) is 0. The molecule has 4 aliphatic carbocycles. The molecule has 24 rings (SSSR count). The molecule has 0 saturated carbocycles. The molecular formula is C129H142B2N4OS3. The van der Waals surface area contributed by atoms with Crippen molar-refractivity contribution in [1.29, 1.82) is 0 Å². The first-order valence-electron chi connectivity index (χ1n) is 52.3. The van der Waals surface area contributed by atoms with Crippen molar-refractivity contribution in [2.24, 2.45) is 5.92 Å². The second-order valence-corrected chi connectivity index (χ2v) is 57.2. The monoisotopic (exact) mass is 1880 g/mol. The predicted octanol–water partition coefficient (Wildman–Crippen LogP) is 34.0. The van der Waals surface area contributed by atoms with Crippen LogP contribution in [0.25, 0.3) is 62.3 Å². The number of benzene rings is 12. The second-order valence-electron chi connectivity index (χ2n) is 54.1. The zero-order valence-corrected chi connectivity index (χ0v) is 91.2. The van der Waals surface area contributed by atoms with Gasteiger partial charge >= 0.3 is 0 Å². The molecule has 16 aromatic rings. The van der Waals surface area contributed by atoms with Crippen LogP contribution in [0.5, 0.6) is 0 Å². The Morgan fingerprint density at radius 3 is 1.34 bits per heavy atom. The van der Waals surface area contributed by atoms with E-state index in [-0.39, 0.29) is 89.7 Å². The molecule has 708 valence electrons. The maximum Gasteiger partial charge on any atom is 0.254 e. The van der Waals surface area contributed by atoms with Gasteiger partial charge in [-0.25, -0.2) is 0 Å². The number of fused-ring (bicyclic) bond motifs is 22. The van der Waals surface area contributed by atoms with Gasteiger partial charge in [-0.05, 0) is 372 Å². The largest absolute Gasteiger partial charge is 0.456 e. The van der Waals surface area contributed by atoms with Crippen LogP contribution < -0.4 is 52.4 Å². The van der Waals surface area contributed by atoms with Gasteiger partial charge in [0.1, 0.15) is 11.2 Å². The number of anilines is 12. The molecule has 8 heterocycles. The summed E-state index contributed by atoms with van der Waals surface area (Å²) in [6.07, 6.45) is 8.91. The van der Waals surface area contributed by atoms with Crippen LogP contribution in [0.15, 0.2) is 199 Å². The lowest BCUT2D eigenvalue weighted by Gasteiger charge is -2.50. The highest BCUT2D eigenvalue weighted by Gasteiger charge is 2.55. The summed E-state index contributed by atoms with van der Waals surface area (Å²) in [6.45, 7) is 76.8. The van der Waals surface area contributed by atoms with Gasteiger partial charge in [0.25, 0.3) is 13.4 Å². The molecule has 4 aromatic heterocycles. The van der Waals surface area contributed by atoms with E-state index in [1.54, 1.807) is 0 Å². The summed E-state index contributed by atoms with van der Waals surface area (Å²) in [4.78, 5) is 11.1. The molecule has 0 amide bonds. The molecule has 4 aliphatic heterocycles. The van der Waals surface area contributed by atoms with E-state index < -0.39 is 0 Å². The molecule has 0 spiro atoms. The molecule has 0 bridgehead atoms. The lowest BCUT2D eigenvalue weighted by atomic mass is 9.33. The molecule has 0 radical (unpaired) electrons. The average Bonchev–Trinajstić information content (AvgIpc) is 1.60. The minimum atomic E-state index is -0.379. The maximum absolute atomic E-state index is 7.36. The Kier molecular flexibility index (Phi) is 19.3. The lowest BCUT2D eigenvalue weighted by Crippen LogP contribution is -2.61. The van der Waals surface area contributed by atoms with Crippen LogP contribution in [-0.4, -0.2) is 13.4 Å². The van der Waals surface area contributed by atoms with Gasteiger partial charge in [-0.1, -0.05) is 281 Å². The molecule has 139 heavy (non-hydrogen) atoms. The van der Waals surface area contributed by atoms with E-state index in [9.17, 15) is 0 Å². The van der Waals surface area contributed by atoms with Crippen LogP contribution in [0.4, 0.5) is 66.9 Å². The number of para-hydroxylation sites is 1. The Morgan fingerprint density at radius 1 is 0.317 bits per heavy atom. The average molecular weight is 1880 g/mol. The van der Waals surface area contributed by atoms with Crippen LogP contribution in [0.1, 0.15) is 337 Å². The van der Waals surface area contributed by atoms with E-state index in [4.69, 9.17) is 4.42 Å². The summed E-state index contributed by atoms with van der Waals surface area (Å²) in [6, 6.07) is 80.7. The van der Waals surface area contributed by atoms with Crippen LogP contribution in [0.3, 0.4) is 0 Å². The highest BCUT2D eigenvalue weighted by molar-refractivity contribution is 7.28. The number of thiophene rings is 3. The fourth-order valence-corrected chi connectivity index (χ4v) is 31.2. The Hall–Kier alpha value is -10.1. The maximum atomic E-state index is 7.36. The first-order chi connectivity index (χ1) is 65.0. The van der Waals surface area contributed by atoms with Gasteiger partial charge in [-0.3, -0.25) is 0 Å². The fourth-order valence-electron chi connectivity index (χ4n) is 27.5. The van der Waals surface area contributed by atoms with Gasteiger partial charge in [0.2, 0.25) is 0 Å². The number of aryl methyl sites for hydroxylation is 1. The lowest BCUT2D eigenvalue weighted by molar-refractivity contribution is 0.173. The standard InChI is InChI=1S/C129H142B2N4OS3/c1-72-57-99-112-100(58-72)135(96-36-34-38-105-108(96)81-59-73(117(2,3)4)41-50-104(81)137-105)98-61-75(119(8,9)10)39-47-93(98)130(112)110-83-67-90-92(69-107(83)139-115(110)132(99)78-42-44-84-87(64-78)123(18,19)53-51-121(84,14)15)129(30,31)77(71-128(90,28)29)70-127(26,27)76-62-101-113-102(63-76)134(97-49-46-86(120(11,12)13)114-109(97)80-35-32-33-37-103(80)136-114)95-48-40-74(118(5,6)7)60-94(95)131(113)111-82-66-89-91(126(24,25)56-55-125(89,22)23)68-106(82)138-116(111)133(101)79-43-45-85-88(65-79)124(20,21)54-52-122(85,16)17/h32-50,57-69,77H,51-56,70-71H2,1-31H3.